The molecule has 2 aromatic heterocycles. The van der Waals surface area contributed by atoms with Crippen LogP contribution in [0.4, 0.5) is 0 Å². The molecule has 0 saturated heterocycles. The smallest absolute Gasteiger partial charge is 0.255 e. The van der Waals surface area contributed by atoms with Crippen LogP contribution in [-0.2, 0) is 6.54 Å². The average molecular weight is 263 g/mol. The van der Waals surface area contributed by atoms with E-state index in [1.165, 1.54) is 15.3 Å². The van der Waals surface area contributed by atoms with Crippen LogP contribution >= 0.6 is 11.3 Å². The van der Waals surface area contributed by atoms with Crippen LogP contribution < -0.4 is 5.32 Å². The van der Waals surface area contributed by atoms with Gasteiger partial charge in [0.25, 0.3) is 5.91 Å². The van der Waals surface area contributed by atoms with Crippen LogP contribution in [0.2, 0.25) is 0 Å². The Kier molecular flexibility index (Phi) is 3.52. The molecule has 0 aromatic carbocycles. The van der Waals surface area contributed by atoms with E-state index >= 15 is 0 Å². The van der Waals surface area contributed by atoms with Crippen molar-refractivity contribution in [1.29, 1.82) is 0 Å². The van der Waals surface area contributed by atoms with Gasteiger partial charge in [0.15, 0.2) is 0 Å². The number of aromatic amines is 1. The molecule has 4 nitrogen and oxygen atoms in total. The van der Waals surface area contributed by atoms with Gasteiger partial charge in [-0.2, -0.15) is 5.10 Å². The second-order valence-electron chi connectivity index (χ2n) is 4.44. The number of carbonyl (C=O) groups excluding carboxylic acids is 1. The van der Waals surface area contributed by atoms with Gasteiger partial charge in [-0.25, -0.2) is 0 Å². The molecule has 96 valence electrons. The Morgan fingerprint density at radius 1 is 1.39 bits per heavy atom. The maximum Gasteiger partial charge on any atom is 0.255 e. The molecule has 0 radical (unpaired) electrons. The molecular formula is C13H17N3OS. The molecule has 0 aliphatic rings. The molecule has 2 N–H and O–H groups in total. The van der Waals surface area contributed by atoms with Gasteiger partial charge < -0.3 is 5.32 Å². The van der Waals surface area contributed by atoms with E-state index in [9.17, 15) is 4.79 Å². The Bertz CT molecular complexity index is 544. The van der Waals surface area contributed by atoms with Gasteiger partial charge in [-0.05, 0) is 39.3 Å². The zero-order chi connectivity index (χ0) is 13.3. The first-order valence-electron chi connectivity index (χ1n) is 5.84. The number of aromatic nitrogens is 2. The van der Waals surface area contributed by atoms with E-state index in [0.29, 0.717) is 12.1 Å². The first kappa shape index (κ1) is 12.8. The van der Waals surface area contributed by atoms with Crippen LogP contribution in [-0.4, -0.2) is 16.1 Å². The predicted octanol–water partition coefficient (Wildman–Crippen LogP) is 2.63. The lowest BCUT2D eigenvalue weighted by Gasteiger charge is -2.03. The van der Waals surface area contributed by atoms with Crippen LogP contribution in [0, 0.1) is 27.7 Å². The van der Waals surface area contributed by atoms with Gasteiger partial charge in [-0.3, -0.25) is 9.89 Å². The molecule has 0 spiro atoms. The molecule has 0 unspecified atom stereocenters. The Hall–Kier alpha value is -1.62. The molecule has 2 rings (SSSR count). The van der Waals surface area contributed by atoms with Gasteiger partial charge in [0.2, 0.25) is 0 Å². The van der Waals surface area contributed by atoms with Crippen LogP contribution in [0.15, 0.2) is 6.07 Å². The minimum absolute atomic E-state index is 0.0672. The van der Waals surface area contributed by atoms with Crippen LogP contribution in [0.25, 0.3) is 0 Å². The Balaban J connectivity index is 2.05. The minimum Gasteiger partial charge on any atom is -0.347 e. The summed E-state index contributed by atoms with van der Waals surface area (Å²) in [5.41, 5.74) is 3.48. The Labute approximate surface area is 110 Å². The third-order valence-corrected chi connectivity index (χ3v) is 4.15. The number of amides is 1. The van der Waals surface area contributed by atoms with Gasteiger partial charge in [-0.15, -0.1) is 11.3 Å². The minimum atomic E-state index is -0.0672. The third kappa shape index (κ3) is 2.46. The highest BCUT2D eigenvalue weighted by atomic mass is 32.1. The van der Waals surface area contributed by atoms with E-state index in [1.54, 1.807) is 11.3 Å². The van der Waals surface area contributed by atoms with Crippen molar-refractivity contribution in [2.75, 3.05) is 0 Å². The van der Waals surface area contributed by atoms with Crippen molar-refractivity contribution < 1.29 is 4.79 Å². The van der Waals surface area contributed by atoms with E-state index in [0.717, 1.165) is 11.4 Å². The molecule has 2 heterocycles. The van der Waals surface area contributed by atoms with E-state index in [-0.39, 0.29) is 5.91 Å². The zero-order valence-corrected chi connectivity index (χ0v) is 11.9. The number of carbonyl (C=O) groups is 1. The fourth-order valence-electron chi connectivity index (χ4n) is 1.88. The topological polar surface area (TPSA) is 57.8 Å². The number of nitrogens with zero attached hydrogens (tertiary/aromatic N) is 1. The Morgan fingerprint density at radius 2 is 2.11 bits per heavy atom. The summed E-state index contributed by atoms with van der Waals surface area (Å²) in [4.78, 5) is 14.5. The number of nitrogens with one attached hydrogen (secondary N) is 2. The van der Waals surface area contributed by atoms with E-state index < -0.39 is 0 Å². The lowest BCUT2D eigenvalue weighted by atomic mass is 10.2. The number of aryl methyl sites for hydroxylation is 4. The average Bonchev–Trinajstić information content (AvgIpc) is 2.80. The maximum atomic E-state index is 12.0. The molecule has 0 atom stereocenters. The number of rotatable bonds is 3. The number of hydrogen-bond acceptors (Lipinski definition) is 3. The summed E-state index contributed by atoms with van der Waals surface area (Å²) in [6.07, 6.45) is 0. The predicted molar refractivity (Wildman–Crippen MR) is 73.0 cm³/mol. The first-order chi connectivity index (χ1) is 8.49. The molecule has 0 saturated carbocycles. The summed E-state index contributed by atoms with van der Waals surface area (Å²) in [5, 5.41) is 9.78. The highest BCUT2D eigenvalue weighted by Crippen LogP contribution is 2.20. The van der Waals surface area contributed by atoms with E-state index in [2.05, 4.69) is 35.4 Å². The highest BCUT2D eigenvalue weighted by molar-refractivity contribution is 7.12. The summed E-state index contributed by atoms with van der Waals surface area (Å²) in [6.45, 7) is 8.44. The number of hydrogen-bond donors (Lipinski definition) is 2. The molecule has 0 fully saturated rings. The summed E-state index contributed by atoms with van der Waals surface area (Å²) in [6, 6.07) is 2.12. The van der Waals surface area contributed by atoms with Crippen molar-refractivity contribution in [2.45, 2.75) is 34.2 Å². The van der Waals surface area contributed by atoms with Crippen LogP contribution in [0.1, 0.15) is 37.1 Å². The summed E-state index contributed by atoms with van der Waals surface area (Å²) in [7, 11) is 0. The molecule has 18 heavy (non-hydrogen) atoms. The third-order valence-electron chi connectivity index (χ3n) is 3.00. The molecule has 0 bridgehead atoms. The number of thiophene rings is 1. The van der Waals surface area contributed by atoms with Crippen molar-refractivity contribution in [3.8, 4) is 0 Å². The van der Waals surface area contributed by atoms with Crippen molar-refractivity contribution in [2.24, 2.45) is 0 Å². The van der Waals surface area contributed by atoms with Gasteiger partial charge in [0, 0.05) is 15.4 Å². The van der Waals surface area contributed by atoms with Crippen molar-refractivity contribution in [3.05, 3.63) is 38.3 Å². The summed E-state index contributed by atoms with van der Waals surface area (Å²) >= 11 is 1.72. The van der Waals surface area contributed by atoms with Crippen molar-refractivity contribution in [3.63, 3.8) is 0 Å². The fourth-order valence-corrected chi connectivity index (χ4v) is 2.87. The Morgan fingerprint density at radius 3 is 2.61 bits per heavy atom. The lowest BCUT2D eigenvalue weighted by Crippen LogP contribution is -2.23. The zero-order valence-electron chi connectivity index (χ0n) is 11.0. The molecule has 0 aliphatic heterocycles. The summed E-state index contributed by atoms with van der Waals surface area (Å²) < 4.78 is 0. The SMILES string of the molecule is Cc1cc(CNC(=O)c2c(C)n[nH]c2C)sc1C. The highest BCUT2D eigenvalue weighted by Gasteiger charge is 2.15. The monoisotopic (exact) mass is 263 g/mol. The largest absolute Gasteiger partial charge is 0.347 e. The van der Waals surface area contributed by atoms with Crippen LogP contribution in [0.3, 0.4) is 0 Å². The van der Waals surface area contributed by atoms with E-state index in [1.807, 2.05) is 13.8 Å². The van der Waals surface area contributed by atoms with Gasteiger partial charge in [0.1, 0.15) is 0 Å². The standard InChI is InChI=1S/C13H17N3OS/c1-7-5-11(18-10(7)4)6-14-13(17)12-8(2)15-16-9(12)3/h5H,6H2,1-4H3,(H,14,17)(H,15,16). The van der Waals surface area contributed by atoms with Gasteiger partial charge >= 0.3 is 0 Å². The van der Waals surface area contributed by atoms with Gasteiger partial charge in [-0.1, -0.05) is 0 Å². The number of H-pyrrole nitrogens is 1. The molecule has 0 aliphatic carbocycles. The maximum absolute atomic E-state index is 12.0. The molecule has 2 aromatic rings. The molecule has 5 heteroatoms. The molecular weight excluding hydrogens is 246 g/mol. The normalized spacial score (nSPS) is 10.7. The quantitative estimate of drug-likeness (QED) is 0.894. The lowest BCUT2D eigenvalue weighted by molar-refractivity contribution is 0.0950. The first-order valence-corrected chi connectivity index (χ1v) is 6.66. The second kappa shape index (κ2) is 4.94. The van der Waals surface area contributed by atoms with Gasteiger partial charge in [0.05, 0.1) is 17.8 Å². The van der Waals surface area contributed by atoms with Crippen LogP contribution in [0.5, 0.6) is 0 Å². The molecule has 1 amide bonds. The van der Waals surface area contributed by atoms with E-state index in [4.69, 9.17) is 0 Å². The van der Waals surface area contributed by atoms with Crippen molar-refractivity contribution in [1.82, 2.24) is 15.5 Å². The second-order valence-corrected chi connectivity index (χ2v) is 5.78. The fraction of sp³-hybridized carbons (Fsp3) is 0.385. The summed E-state index contributed by atoms with van der Waals surface area (Å²) in [5.74, 6) is -0.0672. The van der Waals surface area contributed by atoms with Crippen molar-refractivity contribution >= 4 is 17.2 Å².